The lowest BCUT2D eigenvalue weighted by atomic mass is 10.1. The number of hydrogen-bond donors (Lipinski definition) is 1. The minimum absolute atomic E-state index is 0.0261. The molecule has 178 valence electrons. The molecule has 1 fully saturated rings. The fourth-order valence-electron chi connectivity index (χ4n) is 3.96. The Balaban J connectivity index is 1.24. The molecule has 4 rings (SSSR count). The van der Waals surface area contributed by atoms with E-state index in [1.807, 2.05) is 72.0 Å². The smallest absolute Gasteiger partial charge is 0.238 e. The topological polar surface area (TPSA) is 70.5 Å². The molecule has 2 amide bonds. The zero-order valence-corrected chi connectivity index (χ0v) is 20.9. The van der Waals surface area contributed by atoms with E-state index in [0.29, 0.717) is 43.5 Å². The zero-order chi connectivity index (χ0) is 24.1. The van der Waals surface area contributed by atoms with Crippen LogP contribution < -0.4 is 5.32 Å². The molecule has 34 heavy (non-hydrogen) atoms. The summed E-state index contributed by atoms with van der Waals surface area (Å²) in [6.07, 6.45) is 3.60. The van der Waals surface area contributed by atoms with Crippen LogP contribution in [-0.4, -0.2) is 69.6 Å². The van der Waals surface area contributed by atoms with Crippen molar-refractivity contribution in [3.63, 3.8) is 0 Å². The summed E-state index contributed by atoms with van der Waals surface area (Å²) in [6.45, 7) is 6.89. The van der Waals surface area contributed by atoms with Crippen molar-refractivity contribution in [1.82, 2.24) is 19.4 Å². The summed E-state index contributed by atoms with van der Waals surface area (Å²) < 4.78 is 1.95. The molecule has 0 atom stereocenters. The second-order valence-corrected chi connectivity index (χ2v) is 9.70. The molecule has 0 saturated carbocycles. The van der Waals surface area contributed by atoms with Gasteiger partial charge in [-0.1, -0.05) is 41.6 Å². The highest BCUT2D eigenvalue weighted by Gasteiger charge is 2.23. The number of anilines is 1. The third-order valence-corrected chi connectivity index (χ3v) is 7.08. The fraction of sp³-hybridized carbons (Fsp3) is 0.320. The number of piperazine rings is 1. The predicted molar refractivity (Wildman–Crippen MR) is 137 cm³/mol. The Morgan fingerprint density at radius 1 is 1.03 bits per heavy atom. The van der Waals surface area contributed by atoms with Crippen LogP contribution in [0.2, 0.25) is 5.02 Å². The Morgan fingerprint density at radius 2 is 1.71 bits per heavy atom. The van der Waals surface area contributed by atoms with E-state index in [2.05, 4.69) is 15.2 Å². The Hall–Kier alpha value is -2.81. The van der Waals surface area contributed by atoms with Gasteiger partial charge in [-0.25, -0.2) is 4.98 Å². The number of imidazole rings is 1. The largest absolute Gasteiger partial charge is 0.339 e. The van der Waals surface area contributed by atoms with Crippen LogP contribution >= 0.6 is 23.4 Å². The lowest BCUT2D eigenvalue weighted by Gasteiger charge is -2.34. The van der Waals surface area contributed by atoms with E-state index in [0.717, 1.165) is 27.7 Å². The quantitative estimate of drug-likeness (QED) is 0.499. The van der Waals surface area contributed by atoms with Crippen molar-refractivity contribution < 1.29 is 9.59 Å². The summed E-state index contributed by atoms with van der Waals surface area (Å²) in [4.78, 5) is 33.7. The first-order valence-electron chi connectivity index (χ1n) is 11.2. The summed E-state index contributed by atoms with van der Waals surface area (Å²) in [5.74, 6) is 0.370. The lowest BCUT2D eigenvalue weighted by molar-refractivity contribution is -0.130. The lowest BCUT2D eigenvalue weighted by Crippen LogP contribution is -2.51. The number of carbonyl (C=O) groups excluding carboxylic acids is 2. The average Bonchev–Trinajstić information content (AvgIpc) is 3.29. The monoisotopic (exact) mass is 497 g/mol. The van der Waals surface area contributed by atoms with Gasteiger partial charge in [0.2, 0.25) is 11.8 Å². The second kappa shape index (κ2) is 11.1. The van der Waals surface area contributed by atoms with Crippen molar-refractivity contribution in [3.8, 4) is 5.69 Å². The Bertz CT molecular complexity index is 1140. The number of hydrogen-bond acceptors (Lipinski definition) is 5. The highest BCUT2D eigenvalue weighted by Crippen LogP contribution is 2.23. The third-order valence-electron chi connectivity index (χ3n) is 5.87. The molecule has 1 aliphatic heterocycles. The molecule has 0 radical (unpaired) electrons. The van der Waals surface area contributed by atoms with Crippen LogP contribution in [0.25, 0.3) is 5.69 Å². The van der Waals surface area contributed by atoms with E-state index in [-0.39, 0.29) is 11.8 Å². The number of amides is 2. The van der Waals surface area contributed by atoms with Gasteiger partial charge >= 0.3 is 0 Å². The van der Waals surface area contributed by atoms with Crippen LogP contribution in [0.5, 0.6) is 0 Å². The van der Waals surface area contributed by atoms with Gasteiger partial charge in [0.05, 0.1) is 12.3 Å². The van der Waals surface area contributed by atoms with Gasteiger partial charge in [-0.3, -0.25) is 19.1 Å². The van der Waals surface area contributed by atoms with Crippen molar-refractivity contribution in [3.05, 3.63) is 71.0 Å². The molecule has 0 unspecified atom stereocenters. The van der Waals surface area contributed by atoms with E-state index < -0.39 is 0 Å². The van der Waals surface area contributed by atoms with Gasteiger partial charge in [0.1, 0.15) is 0 Å². The molecule has 0 bridgehead atoms. The van der Waals surface area contributed by atoms with Gasteiger partial charge in [-0.2, -0.15) is 0 Å². The van der Waals surface area contributed by atoms with Crippen molar-refractivity contribution in [2.24, 2.45) is 0 Å². The number of para-hydroxylation sites is 1. The molecule has 1 saturated heterocycles. The molecule has 1 aliphatic rings. The maximum atomic E-state index is 12.8. The minimum Gasteiger partial charge on any atom is -0.339 e. The average molecular weight is 498 g/mol. The summed E-state index contributed by atoms with van der Waals surface area (Å²) in [5.41, 5.74) is 3.94. The molecular weight excluding hydrogens is 470 g/mol. The highest BCUT2D eigenvalue weighted by atomic mass is 35.5. The van der Waals surface area contributed by atoms with Crippen molar-refractivity contribution >= 4 is 40.9 Å². The standard InChI is InChI=1S/C25H28ClN5O2S/c1-18-4-3-5-19(2)24(18)28-22(32)16-29-12-14-30(15-13-29)23(33)17-34-25-27-10-11-31(25)21-8-6-20(26)7-9-21/h3-11H,12-17H2,1-2H3,(H,28,32). The van der Waals surface area contributed by atoms with Crippen LogP contribution in [0.15, 0.2) is 60.0 Å². The molecule has 9 heteroatoms. The van der Waals surface area contributed by atoms with Gasteiger partial charge in [0, 0.05) is 55.0 Å². The highest BCUT2D eigenvalue weighted by molar-refractivity contribution is 7.99. The van der Waals surface area contributed by atoms with E-state index in [1.54, 1.807) is 6.20 Å². The third kappa shape index (κ3) is 6.00. The molecule has 0 spiro atoms. The minimum atomic E-state index is -0.0261. The molecule has 1 aromatic heterocycles. The van der Waals surface area contributed by atoms with Gasteiger partial charge in [0.15, 0.2) is 5.16 Å². The Morgan fingerprint density at radius 3 is 2.38 bits per heavy atom. The van der Waals surface area contributed by atoms with Crippen LogP contribution in [0.3, 0.4) is 0 Å². The normalized spacial score (nSPS) is 14.3. The molecule has 3 aromatic rings. The number of aromatic nitrogens is 2. The van der Waals surface area contributed by atoms with Gasteiger partial charge in [-0.05, 0) is 49.2 Å². The number of benzene rings is 2. The molecule has 2 heterocycles. The maximum Gasteiger partial charge on any atom is 0.238 e. The van der Waals surface area contributed by atoms with E-state index >= 15 is 0 Å². The summed E-state index contributed by atoms with van der Waals surface area (Å²) >= 11 is 7.40. The molecule has 7 nitrogen and oxygen atoms in total. The fourth-order valence-corrected chi connectivity index (χ4v) is 4.96. The number of nitrogens with one attached hydrogen (secondary N) is 1. The van der Waals surface area contributed by atoms with E-state index in [9.17, 15) is 9.59 Å². The molecular formula is C25H28ClN5O2S. The van der Waals surface area contributed by atoms with E-state index in [4.69, 9.17) is 11.6 Å². The Kier molecular flexibility index (Phi) is 7.92. The predicted octanol–water partition coefficient (Wildman–Crippen LogP) is 4.02. The van der Waals surface area contributed by atoms with Crippen LogP contribution in [0.1, 0.15) is 11.1 Å². The second-order valence-electron chi connectivity index (χ2n) is 8.32. The number of carbonyl (C=O) groups is 2. The van der Waals surface area contributed by atoms with Crippen LogP contribution in [-0.2, 0) is 9.59 Å². The summed E-state index contributed by atoms with van der Waals surface area (Å²) in [5, 5.41) is 4.47. The molecule has 1 N–H and O–H groups in total. The molecule has 0 aliphatic carbocycles. The first-order valence-corrected chi connectivity index (χ1v) is 12.6. The van der Waals surface area contributed by atoms with E-state index in [1.165, 1.54) is 11.8 Å². The van der Waals surface area contributed by atoms with Crippen molar-refractivity contribution in [2.75, 3.05) is 43.8 Å². The summed E-state index contributed by atoms with van der Waals surface area (Å²) in [7, 11) is 0. The first-order chi connectivity index (χ1) is 16.4. The zero-order valence-electron chi connectivity index (χ0n) is 19.3. The van der Waals surface area contributed by atoms with Crippen LogP contribution in [0.4, 0.5) is 5.69 Å². The number of aryl methyl sites for hydroxylation is 2. The van der Waals surface area contributed by atoms with Crippen molar-refractivity contribution in [2.45, 2.75) is 19.0 Å². The molecule has 2 aromatic carbocycles. The van der Waals surface area contributed by atoms with Gasteiger partial charge < -0.3 is 10.2 Å². The van der Waals surface area contributed by atoms with Crippen molar-refractivity contribution in [1.29, 1.82) is 0 Å². The van der Waals surface area contributed by atoms with Gasteiger partial charge in [-0.15, -0.1) is 0 Å². The number of halogens is 1. The number of nitrogens with zero attached hydrogens (tertiary/aromatic N) is 4. The number of rotatable bonds is 7. The van der Waals surface area contributed by atoms with Crippen LogP contribution in [0, 0.1) is 13.8 Å². The first kappa shape index (κ1) is 24.3. The maximum absolute atomic E-state index is 12.8. The summed E-state index contributed by atoms with van der Waals surface area (Å²) in [6, 6.07) is 13.5. The Labute approximate surface area is 209 Å². The number of thioether (sulfide) groups is 1. The van der Waals surface area contributed by atoms with Gasteiger partial charge in [0.25, 0.3) is 0 Å². The SMILES string of the molecule is Cc1cccc(C)c1NC(=O)CN1CCN(C(=O)CSc2nccn2-c2ccc(Cl)cc2)CC1.